The van der Waals surface area contributed by atoms with Gasteiger partial charge in [-0.25, -0.2) is 0 Å². The van der Waals surface area contributed by atoms with Crippen LogP contribution < -0.4 is 5.32 Å². The van der Waals surface area contributed by atoms with E-state index < -0.39 is 0 Å². The molecule has 1 aliphatic carbocycles. The van der Waals surface area contributed by atoms with Crippen LogP contribution in [0, 0.1) is 5.92 Å². The Kier molecular flexibility index (Phi) is 6.77. The molecule has 0 radical (unpaired) electrons. The van der Waals surface area contributed by atoms with E-state index >= 15 is 0 Å². The minimum absolute atomic E-state index is 0. The second-order valence-corrected chi connectivity index (χ2v) is 7.96. The molecule has 0 aromatic heterocycles. The number of halogens is 2. The Bertz CT molecular complexity index is 423. The molecule has 0 aliphatic heterocycles. The highest BCUT2D eigenvalue weighted by Crippen LogP contribution is 2.52. The summed E-state index contributed by atoms with van der Waals surface area (Å²) in [7, 11) is 2.10. The Morgan fingerprint density at radius 1 is 1.35 bits per heavy atom. The molecule has 1 aromatic rings. The molecule has 3 unspecified atom stereocenters. The normalized spacial score (nSPS) is 26.8. The molecule has 1 fully saturated rings. The van der Waals surface area contributed by atoms with Crippen LogP contribution in [0.5, 0.6) is 0 Å². The van der Waals surface area contributed by atoms with E-state index in [4.69, 9.17) is 11.6 Å². The number of nitrogens with one attached hydrogen (secondary N) is 1. The van der Waals surface area contributed by atoms with Gasteiger partial charge in [0.2, 0.25) is 0 Å². The van der Waals surface area contributed by atoms with E-state index in [0.29, 0.717) is 15.9 Å². The van der Waals surface area contributed by atoms with Crippen molar-refractivity contribution in [1.29, 1.82) is 0 Å². The van der Waals surface area contributed by atoms with Gasteiger partial charge in [-0.05, 0) is 49.9 Å². The molecule has 0 saturated heterocycles. The van der Waals surface area contributed by atoms with Crippen molar-refractivity contribution < 1.29 is 5.48 Å². The summed E-state index contributed by atoms with van der Waals surface area (Å²) >= 11 is 8.67. The highest BCUT2D eigenvalue weighted by molar-refractivity contribution is 14.1. The first kappa shape index (κ1) is 18.2. The predicted octanol–water partition coefficient (Wildman–Crippen LogP) is 3.98. The maximum absolute atomic E-state index is 6.04. The highest BCUT2D eigenvalue weighted by Gasteiger charge is 2.51. The summed E-state index contributed by atoms with van der Waals surface area (Å²) in [5.74, 6) is 0.714. The highest BCUT2D eigenvalue weighted by atomic mass is 127. The van der Waals surface area contributed by atoms with Crippen LogP contribution >= 0.6 is 34.2 Å². The standard InChI is InChI=1S/C16H23ClIN.H2O/c1-11(2)10-15(19-3)16(9-8-14(16)18)12-4-6-13(17)7-5-12;/h4-7,11,14-15,19H,8-10H2,1-3H3;1H2. The van der Waals surface area contributed by atoms with Gasteiger partial charge < -0.3 is 10.8 Å². The van der Waals surface area contributed by atoms with E-state index in [2.05, 4.69) is 60.9 Å². The smallest absolute Gasteiger partial charge is 0.0406 e. The Hall–Kier alpha value is 0.160. The Labute approximate surface area is 141 Å². The topological polar surface area (TPSA) is 43.5 Å². The summed E-state index contributed by atoms with van der Waals surface area (Å²) in [6.45, 7) is 4.61. The van der Waals surface area contributed by atoms with Gasteiger partial charge in [-0.1, -0.05) is 60.2 Å². The second-order valence-electron chi connectivity index (χ2n) is 6.02. The Morgan fingerprint density at radius 3 is 2.30 bits per heavy atom. The molecule has 3 atom stereocenters. The zero-order chi connectivity index (χ0) is 14.0. The summed E-state index contributed by atoms with van der Waals surface area (Å²) in [4.78, 5) is 0. The van der Waals surface area contributed by atoms with E-state index in [1.165, 1.54) is 24.8 Å². The summed E-state index contributed by atoms with van der Waals surface area (Å²) in [6.07, 6.45) is 3.82. The van der Waals surface area contributed by atoms with Crippen LogP contribution in [0.25, 0.3) is 0 Å². The first-order valence-electron chi connectivity index (χ1n) is 7.08. The monoisotopic (exact) mass is 409 g/mol. The third-order valence-corrected chi connectivity index (χ3v) is 6.42. The lowest BCUT2D eigenvalue weighted by Crippen LogP contribution is -2.58. The minimum Gasteiger partial charge on any atom is -0.412 e. The van der Waals surface area contributed by atoms with Crippen molar-refractivity contribution in [2.45, 2.75) is 48.5 Å². The van der Waals surface area contributed by atoms with Crippen LogP contribution in [0.15, 0.2) is 24.3 Å². The predicted molar refractivity (Wildman–Crippen MR) is 96.1 cm³/mol. The minimum atomic E-state index is 0. The van der Waals surface area contributed by atoms with Gasteiger partial charge in [0.25, 0.3) is 0 Å². The molecule has 1 saturated carbocycles. The number of alkyl halides is 1. The van der Waals surface area contributed by atoms with Crippen LogP contribution in [-0.4, -0.2) is 22.5 Å². The fourth-order valence-corrected chi connectivity index (χ4v) is 4.84. The summed E-state index contributed by atoms with van der Waals surface area (Å²) in [5.41, 5.74) is 1.73. The molecule has 2 rings (SSSR count). The lowest BCUT2D eigenvalue weighted by atomic mass is 9.59. The number of likely N-dealkylation sites (N-methyl/N-ethyl adjacent to an activating group) is 1. The van der Waals surface area contributed by atoms with Gasteiger partial charge in [0.1, 0.15) is 0 Å². The number of rotatable bonds is 5. The quantitative estimate of drug-likeness (QED) is 0.580. The van der Waals surface area contributed by atoms with Crippen molar-refractivity contribution in [3.63, 3.8) is 0 Å². The third-order valence-electron chi connectivity index (χ3n) is 4.43. The molecule has 114 valence electrons. The maximum Gasteiger partial charge on any atom is 0.0406 e. The first-order valence-corrected chi connectivity index (χ1v) is 8.70. The second kappa shape index (κ2) is 7.43. The third kappa shape index (κ3) is 3.32. The van der Waals surface area contributed by atoms with Crippen LogP contribution in [-0.2, 0) is 5.41 Å². The summed E-state index contributed by atoms with van der Waals surface area (Å²) < 4.78 is 0.711. The van der Waals surface area contributed by atoms with E-state index in [1.807, 2.05) is 12.1 Å². The van der Waals surface area contributed by atoms with Crippen molar-refractivity contribution in [1.82, 2.24) is 5.32 Å². The zero-order valence-corrected chi connectivity index (χ0v) is 15.3. The maximum atomic E-state index is 6.04. The van der Waals surface area contributed by atoms with Gasteiger partial charge in [-0.2, -0.15) is 0 Å². The molecule has 3 N–H and O–H groups in total. The fraction of sp³-hybridized carbons (Fsp3) is 0.625. The van der Waals surface area contributed by atoms with Gasteiger partial charge in [-0.3, -0.25) is 0 Å². The number of hydrogen-bond donors (Lipinski definition) is 1. The van der Waals surface area contributed by atoms with Crippen LogP contribution in [0.4, 0.5) is 0 Å². The van der Waals surface area contributed by atoms with Gasteiger partial charge in [0, 0.05) is 20.4 Å². The number of hydrogen-bond acceptors (Lipinski definition) is 1. The molecule has 1 aromatic carbocycles. The molecule has 1 aliphatic rings. The molecule has 20 heavy (non-hydrogen) atoms. The van der Waals surface area contributed by atoms with Crippen molar-refractivity contribution in [3.05, 3.63) is 34.9 Å². The van der Waals surface area contributed by atoms with Crippen LogP contribution in [0.1, 0.15) is 38.7 Å². The van der Waals surface area contributed by atoms with E-state index in [0.717, 1.165) is 5.02 Å². The van der Waals surface area contributed by atoms with Crippen LogP contribution in [0.3, 0.4) is 0 Å². The number of benzene rings is 1. The molecular formula is C16H25ClINO. The van der Waals surface area contributed by atoms with Gasteiger partial charge >= 0.3 is 0 Å². The van der Waals surface area contributed by atoms with Gasteiger partial charge in [0.05, 0.1) is 0 Å². The Balaban J connectivity index is 0.00000200. The van der Waals surface area contributed by atoms with Crippen molar-refractivity contribution in [3.8, 4) is 0 Å². The molecule has 0 bridgehead atoms. The average Bonchev–Trinajstić information content (AvgIpc) is 2.38. The molecule has 0 heterocycles. The summed E-state index contributed by atoms with van der Waals surface area (Å²) in [6, 6.07) is 9.05. The molecule has 0 amide bonds. The van der Waals surface area contributed by atoms with Gasteiger partial charge in [-0.15, -0.1) is 0 Å². The Morgan fingerprint density at radius 2 is 1.95 bits per heavy atom. The molecule has 2 nitrogen and oxygen atoms in total. The van der Waals surface area contributed by atoms with E-state index in [1.54, 1.807) is 0 Å². The van der Waals surface area contributed by atoms with E-state index in [9.17, 15) is 0 Å². The van der Waals surface area contributed by atoms with Crippen molar-refractivity contribution >= 4 is 34.2 Å². The van der Waals surface area contributed by atoms with Crippen molar-refractivity contribution in [2.75, 3.05) is 7.05 Å². The van der Waals surface area contributed by atoms with Crippen LogP contribution in [0.2, 0.25) is 5.02 Å². The average molecular weight is 410 g/mol. The lowest BCUT2D eigenvalue weighted by Gasteiger charge is -2.53. The molecule has 4 heteroatoms. The van der Waals surface area contributed by atoms with Gasteiger partial charge in [0.15, 0.2) is 0 Å². The SMILES string of the molecule is CNC(CC(C)C)C1(c2ccc(Cl)cc2)CCC1I.O. The first-order chi connectivity index (χ1) is 9.00. The largest absolute Gasteiger partial charge is 0.412 e. The fourth-order valence-electron chi connectivity index (χ4n) is 3.30. The molecular weight excluding hydrogens is 385 g/mol. The zero-order valence-electron chi connectivity index (χ0n) is 12.4. The van der Waals surface area contributed by atoms with E-state index in [-0.39, 0.29) is 10.9 Å². The van der Waals surface area contributed by atoms with Crippen molar-refractivity contribution in [2.24, 2.45) is 5.92 Å². The summed E-state index contributed by atoms with van der Waals surface area (Å²) in [5, 5.41) is 4.41. The lowest BCUT2D eigenvalue weighted by molar-refractivity contribution is 0.176. The molecule has 0 spiro atoms.